The molecule has 2 aliphatic heterocycles. The topological polar surface area (TPSA) is 77.9 Å². The summed E-state index contributed by atoms with van der Waals surface area (Å²) in [7, 11) is 0. The van der Waals surface area contributed by atoms with Crippen LogP contribution in [0.5, 0.6) is 0 Å². The second-order valence-corrected chi connectivity index (χ2v) is 7.61. The molecular formula is C20H24N2O4. The molecule has 6 nitrogen and oxygen atoms in total. The van der Waals surface area contributed by atoms with Crippen LogP contribution in [0.25, 0.3) is 0 Å². The maximum absolute atomic E-state index is 13.1. The number of fused-ring (bicyclic) bond motifs is 1. The molecule has 1 saturated carbocycles. The van der Waals surface area contributed by atoms with E-state index in [-0.39, 0.29) is 24.3 Å². The Balaban J connectivity index is 1.54. The van der Waals surface area contributed by atoms with Gasteiger partial charge in [0.15, 0.2) is 6.04 Å². The van der Waals surface area contributed by atoms with Gasteiger partial charge in [-0.05, 0) is 30.4 Å². The molecule has 138 valence electrons. The van der Waals surface area contributed by atoms with Crippen molar-refractivity contribution < 1.29 is 19.5 Å². The highest BCUT2D eigenvalue weighted by Crippen LogP contribution is 2.34. The molecule has 3 aliphatic rings. The van der Waals surface area contributed by atoms with Gasteiger partial charge in [-0.15, -0.1) is 0 Å². The first-order valence-corrected chi connectivity index (χ1v) is 9.47. The Hall–Kier alpha value is -2.37. The van der Waals surface area contributed by atoms with Crippen molar-refractivity contribution in [2.24, 2.45) is 5.92 Å². The minimum absolute atomic E-state index is 0.0412. The van der Waals surface area contributed by atoms with Crippen LogP contribution in [0, 0.1) is 5.92 Å². The van der Waals surface area contributed by atoms with Crippen LogP contribution < -0.4 is 0 Å². The van der Waals surface area contributed by atoms with Gasteiger partial charge in [-0.1, -0.05) is 37.1 Å². The van der Waals surface area contributed by atoms with Crippen LogP contribution in [0.3, 0.4) is 0 Å². The molecule has 2 fully saturated rings. The van der Waals surface area contributed by atoms with E-state index in [0.29, 0.717) is 25.1 Å². The predicted molar refractivity (Wildman–Crippen MR) is 94.3 cm³/mol. The third-order valence-electron chi connectivity index (χ3n) is 6.07. The lowest BCUT2D eigenvalue weighted by atomic mass is 9.91. The molecule has 2 unspecified atom stereocenters. The van der Waals surface area contributed by atoms with Crippen molar-refractivity contribution in [1.82, 2.24) is 9.80 Å². The molecule has 0 radical (unpaired) electrons. The fourth-order valence-corrected chi connectivity index (χ4v) is 4.77. The van der Waals surface area contributed by atoms with Crippen molar-refractivity contribution >= 4 is 17.8 Å². The number of likely N-dealkylation sites (tertiary alicyclic amines) is 1. The number of carboxylic acids is 1. The zero-order chi connectivity index (χ0) is 18.3. The maximum Gasteiger partial charge on any atom is 0.331 e. The second kappa shape index (κ2) is 6.74. The normalized spacial score (nSPS) is 26.2. The average Bonchev–Trinajstić information content (AvgIpc) is 3.29. The van der Waals surface area contributed by atoms with Gasteiger partial charge in [-0.2, -0.15) is 0 Å². The molecule has 1 aliphatic carbocycles. The van der Waals surface area contributed by atoms with Gasteiger partial charge in [0.25, 0.3) is 0 Å². The van der Waals surface area contributed by atoms with Crippen LogP contribution in [-0.4, -0.2) is 51.8 Å². The van der Waals surface area contributed by atoms with Crippen molar-refractivity contribution in [2.75, 3.05) is 13.1 Å². The van der Waals surface area contributed by atoms with E-state index in [2.05, 4.69) is 0 Å². The summed E-state index contributed by atoms with van der Waals surface area (Å²) in [6.45, 7) is 0.827. The molecule has 6 heteroatoms. The average molecular weight is 356 g/mol. The summed E-state index contributed by atoms with van der Waals surface area (Å²) in [5.74, 6) is -1.59. The van der Waals surface area contributed by atoms with E-state index in [1.807, 2.05) is 23.1 Å². The monoisotopic (exact) mass is 356 g/mol. The van der Waals surface area contributed by atoms with E-state index >= 15 is 0 Å². The molecule has 0 bridgehead atoms. The number of carbonyl (C=O) groups is 3. The van der Waals surface area contributed by atoms with E-state index < -0.39 is 17.9 Å². The van der Waals surface area contributed by atoms with E-state index in [4.69, 9.17) is 0 Å². The van der Waals surface area contributed by atoms with Gasteiger partial charge in [0, 0.05) is 25.6 Å². The zero-order valence-electron chi connectivity index (χ0n) is 14.8. The fraction of sp³-hybridized carbons (Fsp3) is 0.550. The molecule has 0 aromatic heterocycles. The van der Waals surface area contributed by atoms with Crippen LogP contribution in [0.4, 0.5) is 0 Å². The Morgan fingerprint density at radius 3 is 2.58 bits per heavy atom. The van der Waals surface area contributed by atoms with Crippen molar-refractivity contribution in [3.63, 3.8) is 0 Å². The third-order valence-corrected chi connectivity index (χ3v) is 6.07. The van der Waals surface area contributed by atoms with Crippen molar-refractivity contribution in [3.05, 3.63) is 35.4 Å². The fourth-order valence-electron chi connectivity index (χ4n) is 4.77. The van der Waals surface area contributed by atoms with E-state index in [1.54, 1.807) is 6.07 Å². The Morgan fingerprint density at radius 2 is 1.85 bits per heavy atom. The van der Waals surface area contributed by atoms with Gasteiger partial charge in [0.2, 0.25) is 11.8 Å². The van der Waals surface area contributed by atoms with Gasteiger partial charge < -0.3 is 14.9 Å². The van der Waals surface area contributed by atoms with Crippen LogP contribution in [0.1, 0.15) is 49.3 Å². The summed E-state index contributed by atoms with van der Waals surface area (Å²) in [4.78, 5) is 40.8. The highest BCUT2D eigenvalue weighted by Gasteiger charge is 2.44. The molecule has 26 heavy (non-hydrogen) atoms. The zero-order valence-corrected chi connectivity index (χ0v) is 14.8. The van der Waals surface area contributed by atoms with Crippen LogP contribution in [-0.2, 0) is 20.8 Å². The molecule has 4 rings (SSSR count). The summed E-state index contributed by atoms with van der Waals surface area (Å²) in [5.41, 5.74) is 1.68. The van der Waals surface area contributed by atoms with Crippen LogP contribution in [0.15, 0.2) is 24.3 Å². The first-order chi connectivity index (χ1) is 12.6. The van der Waals surface area contributed by atoms with Crippen LogP contribution >= 0.6 is 0 Å². The molecule has 2 atom stereocenters. The van der Waals surface area contributed by atoms with E-state index in [0.717, 1.165) is 31.2 Å². The van der Waals surface area contributed by atoms with Gasteiger partial charge in [0.1, 0.15) is 0 Å². The summed E-state index contributed by atoms with van der Waals surface area (Å²) < 4.78 is 0. The molecular weight excluding hydrogens is 332 g/mol. The first kappa shape index (κ1) is 17.1. The minimum atomic E-state index is -1.01. The van der Waals surface area contributed by atoms with Crippen molar-refractivity contribution in [3.8, 4) is 0 Å². The molecule has 0 spiro atoms. The highest BCUT2D eigenvalue weighted by molar-refractivity contribution is 5.92. The highest BCUT2D eigenvalue weighted by atomic mass is 16.4. The summed E-state index contributed by atoms with van der Waals surface area (Å²) in [5, 5.41) is 9.75. The summed E-state index contributed by atoms with van der Waals surface area (Å²) in [6, 6.07) is 6.72. The molecule has 1 N–H and O–H groups in total. The Morgan fingerprint density at radius 1 is 1.12 bits per heavy atom. The SMILES string of the molecule is O=C(O)C1c2ccccc2CCN1C(=O)C1CC(=O)N(C2CCCC2)C1. The number of nitrogens with zero attached hydrogens (tertiary/aromatic N) is 2. The van der Waals surface area contributed by atoms with Gasteiger partial charge >= 0.3 is 5.97 Å². The minimum Gasteiger partial charge on any atom is -0.479 e. The maximum atomic E-state index is 13.1. The van der Waals surface area contributed by atoms with Gasteiger partial charge in [-0.3, -0.25) is 9.59 Å². The second-order valence-electron chi connectivity index (χ2n) is 7.61. The van der Waals surface area contributed by atoms with Gasteiger partial charge in [-0.25, -0.2) is 4.79 Å². The quantitative estimate of drug-likeness (QED) is 0.898. The Labute approximate surface area is 152 Å². The number of aliphatic carboxylic acids is 1. The third kappa shape index (κ3) is 2.87. The number of rotatable bonds is 3. The lowest BCUT2D eigenvalue weighted by Crippen LogP contribution is -2.46. The summed E-state index contributed by atoms with van der Waals surface area (Å²) in [6.07, 6.45) is 5.16. The predicted octanol–water partition coefficient (Wildman–Crippen LogP) is 1.99. The van der Waals surface area contributed by atoms with Gasteiger partial charge in [0.05, 0.1) is 5.92 Å². The lowest BCUT2D eigenvalue weighted by molar-refractivity contribution is -0.153. The molecule has 2 heterocycles. The molecule has 2 amide bonds. The van der Waals surface area contributed by atoms with E-state index in [1.165, 1.54) is 4.90 Å². The Bertz CT molecular complexity index is 741. The number of hydrogen-bond acceptors (Lipinski definition) is 3. The Kier molecular flexibility index (Phi) is 4.42. The summed E-state index contributed by atoms with van der Waals surface area (Å²) >= 11 is 0. The molecule has 1 aromatic carbocycles. The largest absolute Gasteiger partial charge is 0.479 e. The molecule has 1 aromatic rings. The van der Waals surface area contributed by atoms with Crippen LogP contribution in [0.2, 0.25) is 0 Å². The van der Waals surface area contributed by atoms with E-state index in [9.17, 15) is 19.5 Å². The number of hydrogen-bond donors (Lipinski definition) is 1. The van der Waals surface area contributed by atoms with Crippen molar-refractivity contribution in [2.45, 2.75) is 50.6 Å². The number of benzene rings is 1. The molecule has 1 saturated heterocycles. The first-order valence-electron chi connectivity index (χ1n) is 9.47. The number of amides is 2. The van der Waals surface area contributed by atoms with Crippen molar-refractivity contribution in [1.29, 1.82) is 0 Å². The standard InChI is InChI=1S/C20H24N2O4/c23-17-11-14(12-22(17)15-6-2-3-7-15)19(24)21-10-9-13-5-1-4-8-16(13)18(21)20(25)26/h1,4-5,8,14-15,18H,2-3,6-7,9-12H2,(H,25,26). The smallest absolute Gasteiger partial charge is 0.331 e. The lowest BCUT2D eigenvalue weighted by Gasteiger charge is -2.36. The number of carboxylic acid groups (broad SMARTS) is 1. The number of carbonyl (C=O) groups excluding carboxylic acids is 2.